The van der Waals surface area contributed by atoms with Crippen molar-refractivity contribution in [3.8, 4) is 0 Å². The van der Waals surface area contributed by atoms with Gasteiger partial charge < -0.3 is 33.6 Å². The molecular weight excluding hydrogens is 730 g/mol. The van der Waals surface area contributed by atoms with Gasteiger partial charge in [-0.2, -0.15) is 0 Å². The molecule has 5 aliphatic rings. The lowest BCUT2D eigenvalue weighted by Gasteiger charge is -2.68. The van der Waals surface area contributed by atoms with Crippen molar-refractivity contribution in [1.82, 2.24) is 0 Å². The van der Waals surface area contributed by atoms with Gasteiger partial charge in [0.1, 0.15) is 31.2 Å². The summed E-state index contributed by atoms with van der Waals surface area (Å²) in [5.74, 6) is -1.71. The number of hydrogen-bond acceptors (Lipinski definition) is 12. The summed E-state index contributed by atoms with van der Waals surface area (Å²) in [4.78, 5) is 57.5. The first-order valence-electron chi connectivity index (χ1n) is 21.0. The number of esters is 3. The largest absolute Gasteiger partial charge is 0.463 e. The van der Waals surface area contributed by atoms with E-state index < -0.39 is 54.2 Å². The first-order valence-corrected chi connectivity index (χ1v) is 21.0. The van der Waals surface area contributed by atoms with Crippen molar-refractivity contribution in [2.24, 2.45) is 50.5 Å². The van der Waals surface area contributed by atoms with Crippen LogP contribution in [0.25, 0.3) is 0 Å². The van der Waals surface area contributed by atoms with Crippen LogP contribution < -0.4 is 0 Å². The van der Waals surface area contributed by atoms with E-state index in [0.717, 1.165) is 49.8 Å². The number of oxime groups is 1. The number of hydrogen-bond donors (Lipinski definition) is 1. The molecule has 0 aromatic carbocycles. The van der Waals surface area contributed by atoms with Gasteiger partial charge in [0, 0.05) is 38.5 Å². The van der Waals surface area contributed by atoms with Gasteiger partial charge in [-0.05, 0) is 106 Å². The molecule has 0 bridgehead atoms. The quantitative estimate of drug-likeness (QED) is 0.0650. The standard InChI is InChI=1S/C45H69NO11/c1-13-23-53-46-35-18-20-42(9)33(41(35,7)8)17-22-43(10)34(42)24-31(50)36-30(16-21-44(36,43)11)45(12,19-14-15-26(2)3)57-40-39(55-29(6)49)38(54-28(5)48)37(51)32(56-40)25-52-27(4)47/h13,15,30,32-34,36-40,51H,1,14,16-25H2,2-12H3/b46-35+/t30?,32?,33?,34?,36?,37-,38?,39?,40+,42+,43-,44-,45+/m1/s1. The summed E-state index contributed by atoms with van der Waals surface area (Å²) in [7, 11) is 0. The van der Waals surface area contributed by atoms with Crippen LogP contribution >= 0.6 is 0 Å². The lowest BCUT2D eigenvalue weighted by molar-refractivity contribution is -0.336. The first kappa shape index (κ1) is 45.0. The summed E-state index contributed by atoms with van der Waals surface area (Å²) in [5.41, 5.74) is 0.529. The normalized spacial score (nSPS) is 40.0. The maximum Gasteiger partial charge on any atom is 0.303 e. The molecule has 57 heavy (non-hydrogen) atoms. The van der Waals surface area contributed by atoms with E-state index in [1.165, 1.54) is 20.8 Å². The Morgan fingerprint density at radius 3 is 2.19 bits per heavy atom. The zero-order valence-electron chi connectivity index (χ0n) is 36.3. The molecule has 1 aliphatic heterocycles. The minimum Gasteiger partial charge on any atom is -0.463 e. The summed E-state index contributed by atoms with van der Waals surface area (Å²) < 4.78 is 30.0. The predicted molar refractivity (Wildman–Crippen MR) is 214 cm³/mol. The summed E-state index contributed by atoms with van der Waals surface area (Å²) in [6, 6.07) is 0. The molecule has 0 amide bonds. The van der Waals surface area contributed by atoms with E-state index in [-0.39, 0.29) is 51.8 Å². The van der Waals surface area contributed by atoms with Gasteiger partial charge >= 0.3 is 17.9 Å². The summed E-state index contributed by atoms with van der Waals surface area (Å²) in [5, 5.41) is 16.0. The van der Waals surface area contributed by atoms with Crippen molar-refractivity contribution in [2.45, 2.75) is 170 Å². The number of nitrogens with zero attached hydrogens (tertiary/aromatic N) is 1. The monoisotopic (exact) mass is 799 g/mol. The SMILES string of the molecule is C=CCO/N=C1\CC[C@@]2(C)C(CC[C@]3(C)C2CC(=O)C2C([C@](C)(CCC=C(C)C)O[C@@H]4OC(COC(C)=O)[C@@H](O)C(OC(C)=O)C4OC(C)=O)CC[C@]23C)C1(C)C. The zero-order chi connectivity index (χ0) is 42.3. The second kappa shape index (κ2) is 16.9. The number of allylic oxidation sites excluding steroid dienone is 2. The number of carbonyl (C=O) groups is 4. The van der Waals surface area contributed by atoms with Crippen LogP contribution in [-0.2, 0) is 47.7 Å². The van der Waals surface area contributed by atoms with Crippen LogP contribution in [0, 0.1) is 45.3 Å². The minimum absolute atomic E-state index is 0.0738. The van der Waals surface area contributed by atoms with Gasteiger partial charge in [-0.1, -0.05) is 64.1 Å². The fourth-order valence-electron chi connectivity index (χ4n) is 12.5. The average Bonchev–Trinajstić information content (AvgIpc) is 3.49. The third-order valence-corrected chi connectivity index (χ3v) is 15.4. The molecule has 4 aliphatic carbocycles. The van der Waals surface area contributed by atoms with E-state index >= 15 is 4.79 Å². The number of fused-ring (bicyclic) bond motifs is 5. The molecule has 320 valence electrons. The number of aliphatic hydroxyl groups excluding tert-OH is 1. The van der Waals surface area contributed by atoms with Gasteiger partial charge in [0.2, 0.25) is 0 Å². The molecule has 1 N–H and O–H groups in total. The van der Waals surface area contributed by atoms with Crippen molar-refractivity contribution < 1.29 is 52.8 Å². The first-order chi connectivity index (χ1) is 26.6. The predicted octanol–water partition coefficient (Wildman–Crippen LogP) is 7.44. The van der Waals surface area contributed by atoms with Crippen molar-refractivity contribution in [1.29, 1.82) is 0 Å². The molecule has 7 unspecified atom stereocenters. The van der Waals surface area contributed by atoms with E-state index in [4.69, 9.17) is 28.5 Å². The van der Waals surface area contributed by atoms with E-state index in [2.05, 4.69) is 52.4 Å². The highest BCUT2D eigenvalue weighted by Gasteiger charge is 2.72. The molecule has 12 nitrogen and oxygen atoms in total. The number of ether oxygens (including phenoxy) is 5. The summed E-state index contributed by atoms with van der Waals surface area (Å²) in [6.07, 6.45) is 4.20. The molecule has 4 saturated carbocycles. The van der Waals surface area contributed by atoms with E-state index in [9.17, 15) is 19.5 Å². The molecule has 0 aromatic rings. The van der Waals surface area contributed by atoms with Crippen molar-refractivity contribution in [3.63, 3.8) is 0 Å². The highest BCUT2D eigenvalue weighted by Crippen LogP contribution is 2.75. The van der Waals surface area contributed by atoms with E-state index in [0.29, 0.717) is 31.8 Å². The fraction of sp³-hybridized carbons (Fsp3) is 0.800. The Labute approximate surface area is 339 Å². The topological polar surface area (TPSA) is 156 Å². The van der Waals surface area contributed by atoms with Gasteiger partial charge in [0.25, 0.3) is 0 Å². The number of rotatable bonds is 13. The second-order valence-corrected chi connectivity index (χ2v) is 19.4. The smallest absolute Gasteiger partial charge is 0.303 e. The van der Waals surface area contributed by atoms with Crippen molar-refractivity contribution in [3.05, 3.63) is 24.3 Å². The molecule has 5 fully saturated rings. The maximum absolute atomic E-state index is 15.1. The fourth-order valence-corrected chi connectivity index (χ4v) is 12.5. The molecule has 1 heterocycles. The van der Waals surface area contributed by atoms with Gasteiger partial charge in [0.05, 0.1) is 11.3 Å². The van der Waals surface area contributed by atoms with Crippen LogP contribution in [0.1, 0.15) is 134 Å². The van der Waals surface area contributed by atoms with E-state index in [1.807, 2.05) is 20.8 Å². The highest BCUT2D eigenvalue weighted by molar-refractivity contribution is 5.91. The van der Waals surface area contributed by atoms with Crippen LogP contribution in [0.4, 0.5) is 0 Å². The highest BCUT2D eigenvalue weighted by atomic mass is 16.7. The minimum atomic E-state index is -1.50. The third kappa shape index (κ3) is 8.38. The maximum atomic E-state index is 15.1. The second-order valence-electron chi connectivity index (χ2n) is 19.4. The van der Waals surface area contributed by atoms with Crippen molar-refractivity contribution >= 4 is 29.4 Å². The summed E-state index contributed by atoms with van der Waals surface area (Å²) in [6.45, 7) is 25.3. The van der Waals surface area contributed by atoms with Gasteiger partial charge in [-0.15, -0.1) is 0 Å². The van der Waals surface area contributed by atoms with E-state index in [1.54, 1.807) is 6.08 Å². The summed E-state index contributed by atoms with van der Waals surface area (Å²) >= 11 is 0. The molecule has 0 radical (unpaired) electrons. The van der Waals surface area contributed by atoms with Crippen LogP contribution in [-0.4, -0.2) is 84.0 Å². The number of ketones is 1. The van der Waals surface area contributed by atoms with Crippen LogP contribution in [0.3, 0.4) is 0 Å². The Hall–Kier alpha value is -3.09. The average molecular weight is 800 g/mol. The Morgan fingerprint density at radius 1 is 0.930 bits per heavy atom. The van der Waals surface area contributed by atoms with Crippen LogP contribution in [0.2, 0.25) is 0 Å². The number of carbonyl (C=O) groups excluding carboxylic acids is 4. The molecule has 5 rings (SSSR count). The Bertz CT molecular complexity index is 1620. The zero-order valence-corrected chi connectivity index (χ0v) is 36.3. The van der Waals surface area contributed by atoms with Gasteiger partial charge in [-0.25, -0.2) is 0 Å². The van der Waals surface area contributed by atoms with Gasteiger partial charge in [-0.3, -0.25) is 19.2 Å². The van der Waals surface area contributed by atoms with Crippen molar-refractivity contribution in [2.75, 3.05) is 13.2 Å². The lowest BCUT2D eigenvalue weighted by atomic mass is 9.35. The third-order valence-electron chi connectivity index (χ3n) is 15.4. The Balaban J connectivity index is 1.52. The van der Waals surface area contributed by atoms with Gasteiger partial charge in [0.15, 0.2) is 18.5 Å². The molecule has 0 aromatic heterocycles. The molecule has 12 heteroatoms. The molecule has 1 saturated heterocycles. The lowest BCUT2D eigenvalue weighted by Crippen LogP contribution is -2.66. The number of Topliss-reactive ketones (excluding diaryl/α,β-unsaturated/α-hetero) is 1. The van der Waals surface area contributed by atoms with Crippen LogP contribution in [0.15, 0.2) is 29.5 Å². The Morgan fingerprint density at radius 2 is 1.58 bits per heavy atom. The molecule has 0 spiro atoms. The molecule has 13 atom stereocenters. The molecular formula is C45H69NO11. The number of aliphatic hydroxyl groups is 1. The van der Waals surface area contributed by atoms with Crippen LogP contribution in [0.5, 0.6) is 0 Å². The Kier molecular flexibility index (Phi) is 13.3.